The van der Waals surface area contributed by atoms with Gasteiger partial charge in [-0.3, -0.25) is 14.5 Å². The van der Waals surface area contributed by atoms with E-state index in [0.717, 1.165) is 39.0 Å². The average molecular weight is 536 g/mol. The summed E-state index contributed by atoms with van der Waals surface area (Å²) >= 11 is 6.55. The largest absolute Gasteiger partial charge is 0.487 e. The molecule has 0 N–H and O–H groups in total. The highest BCUT2D eigenvalue weighted by Crippen LogP contribution is 2.34. The Labute approximate surface area is 230 Å². The molecule has 0 atom stereocenters. The van der Waals surface area contributed by atoms with Crippen LogP contribution < -0.4 is 4.74 Å². The van der Waals surface area contributed by atoms with E-state index in [4.69, 9.17) is 21.3 Å². The highest BCUT2D eigenvalue weighted by Gasteiger charge is 2.21. The molecule has 202 valence electrons. The lowest BCUT2D eigenvalue weighted by molar-refractivity contribution is -0.132. The molecule has 3 heterocycles. The Kier molecular flexibility index (Phi) is 9.50. The van der Waals surface area contributed by atoms with Gasteiger partial charge in [0.25, 0.3) is 0 Å². The molecule has 4 aromatic rings. The summed E-state index contributed by atoms with van der Waals surface area (Å²) in [4.78, 5) is 23.4. The fourth-order valence-corrected chi connectivity index (χ4v) is 4.43. The number of hydrogen-bond acceptors (Lipinski definition) is 5. The van der Waals surface area contributed by atoms with Gasteiger partial charge in [-0.25, -0.2) is 4.98 Å². The van der Waals surface area contributed by atoms with Gasteiger partial charge in [-0.05, 0) is 36.1 Å². The van der Waals surface area contributed by atoms with E-state index in [9.17, 15) is 4.79 Å². The molecule has 0 bridgehead atoms. The molecule has 0 unspecified atom stereocenters. The van der Waals surface area contributed by atoms with Crippen molar-refractivity contribution >= 4 is 28.4 Å². The average Bonchev–Trinajstić information content (AvgIpc) is 3.29. The maximum atomic E-state index is 12.7. The quantitative estimate of drug-likeness (QED) is 0.255. The van der Waals surface area contributed by atoms with Crippen LogP contribution in [-0.2, 0) is 25.0 Å². The number of fused-ring (bicyclic) bond motifs is 1. The minimum absolute atomic E-state index is 0.0748. The molecule has 0 saturated heterocycles. The third kappa shape index (κ3) is 6.90. The van der Waals surface area contributed by atoms with Crippen molar-refractivity contribution in [2.24, 2.45) is 12.5 Å². The van der Waals surface area contributed by atoms with Crippen molar-refractivity contribution in [3.63, 3.8) is 0 Å². The van der Waals surface area contributed by atoms with Gasteiger partial charge in [-0.15, -0.1) is 0 Å². The normalized spacial score (nSPS) is 11.2. The first-order valence-corrected chi connectivity index (χ1v) is 13.3. The number of pyridine rings is 2. The van der Waals surface area contributed by atoms with Crippen LogP contribution in [0.3, 0.4) is 0 Å². The smallest absolute Gasteiger partial charge is 0.223 e. The van der Waals surface area contributed by atoms with Crippen LogP contribution in [0.5, 0.6) is 5.75 Å². The summed E-state index contributed by atoms with van der Waals surface area (Å²) in [6.45, 7) is 12.8. The lowest BCUT2D eigenvalue weighted by atomic mass is 9.91. The fourth-order valence-electron chi connectivity index (χ4n) is 4.20. The zero-order valence-electron chi connectivity index (χ0n) is 23.7. The van der Waals surface area contributed by atoms with Crippen molar-refractivity contribution in [1.82, 2.24) is 24.6 Å². The summed E-state index contributed by atoms with van der Waals surface area (Å²) in [6, 6.07) is 9.96. The van der Waals surface area contributed by atoms with E-state index < -0.39 is 0 Å². The highest BCUT2D eigenvalue weighted by molar-refractivity contribution is 6.31. The summed E-state index contributed by atoms with van der Waals surface area (Å²) in [7, 11) is 3.73. The molecule has 1 aromatic carbocycles. The number of rotatable bonds is 7. The first-order chi connectivity index (χ1) is 18.0. The number of halogens is 1. The summed E-state index contributed by atoms with van der Waals surface area (Å²) in [5, 5.41) is 5.80. The van der Waals surface area contributed by atoms with E-state index in [1.807, 2.05) is 56.8 Å². The summed E-state index contributed by atoms with van der Waals surface area (Å²) in [6.07, 6.45) is 5.60. The number of carbonyl (C=O) groups excluding carboxylic acids is 1. The Morgan fingerprint density at radius 3 is 2.55 bits per heavy atom. The number of carbonyl (C=O) groups is 1. The van der Waals surface area contributed by atoms with E-state index in [1.165, 1.54) is 0 Å². The summed E-state index contributed by atoms with van der Waals surface area (Å²) in [5.74, 6) is 0.737. The van der Waals surface area contributed by atoms with Crippen molar-refractivity contribution in [1.29, 1.82) is 0 Å². The standard InChI is InChI=1S/C28H32ClN5O2.C2H6/c1-18-12-21(24-10-11-31-34(24)6)20-8-7-9-25(27(20)32-18)36-17-22-19(14-30-15-23(22)29)16-33(5)26(35)13-28(2,3)4;1-2/h7-12,14-15H,13,16-17H2,1-6H3;1-2H3. The first kappa shape index (κ1) is 29.1. The molecular weight excluding hydrogens is 498 g/mol. The molecule has 0 fully saturated rings. The van der Waals surface area contributed by atoms with Crippen LogP contribution in [0.1, 0.15) is 57.9 Å². The van der Waals surface area contributed by atoms with E-state index in [1.54, 1.807) is 30.5 Å². The van der Waals surface area contributed by atoms with Crippen molar-refractivity contribution in [3.05, 3.63) is 70.8 Å². The Morgan fingerprint density at radius 1 is 1.16 bits per heavy atom. The van der Waals surface area contributed by atoms with Crippen molar-refractivity contribution in [2.45, 2.75) is 61.1 Å². The number of aromatic nitrogens is 4. The molecule has 0 spiro atoms. The van der Waals surface area contributed by atoms with Crippen molar-refractivity contribution < 1.29 is 9.53 Å². The lowest BCUT2D eigenvalue weighted by Gasteiger charge is -2.24. The monoisotopic (exact) mass is 535 g/mol. The second-order valence-electron chi connectivity index (χ2n) is 10.3. The van der Waals surface area contributed by atoms with E-state index in [0.29, 0.717) is 23.7 Å². The minimum Gasteiger partial charge on any atom is -0.487 e. The van der Waals surface area contributed by atoms with Crippen LogP contribution in [0.25, 0.3) is 22.2 Å². The Balaban J connectivity index is 0.00000195. The second-order valence-corrected chi connectivity index (χ2v) is 10.7. The SMILES string of the molecule is CC.Cc1cc(-c2ccnn2C)c2cccc(OCc3c(Cl)cncc3CN(C)C(=O)CC(C)(C)C)c2n1. The fraction of sp³-hybridized carbons (Fsp3) is 0.400. The van der Waals surface area contributed by atoms with Crippen molar-refractivity contribution in [2.75, 3.05) is 7.05 Å². The van der Waals surface area contributed by atoms with Crippen LogP contribution in [0.15, 0.2) is 48.9 Å². The number of ether oxygens (including phenoxy) is 1. The molecule has 3 aromatic heterocycles. The molecule has 7 nitrogen and oxygen atoms in total. The Morgan fingerprint density at radius 2 is 1.89 bits per heavy atom. The molecule has 38 heavy (non-hydrogen) atoms. The maximum absolute atomic E-state index is 12.7. The minimum atomic E-state index is -0.0856. The van der Waals surface area contributed by atoms with Gasteiger partial charge in [-0.2, -0.15) is 5.10 Å². The van der Waals surface area contributed by atoms with Gasteiger partial charge in [0, 0.05) is 67.9 Å². The number of nitrogens with zero attached hydrogens (tertiary/aromatic N) is 5. The predicted molar refractivity (Wildman–Crippen MR) is 154 cm³/mol. The number of hydrogen-bond donors (Lipinski definition) is 0. The molecular formula is C30H38ClN5O2. The summed E-state index contributed by atoms with van der Waals surface area (Å²) in [5.41, 5.74) is 5.28. The van der Waals surface area contributed by atoms with Gasteiger partial charge in [0.05, 0.1) is 10.7 Å². The van der Waals surface area contributed by atoms with E-state index in [-0.39, 0.29) is 17.9 Å². The van der Waals surface area contributed by atoms with Gasteiger partial charge in [0.1, 0.15) is 17.9 Å². The van der Waals surface area contributed by atoms with Gasteiger partial charge in [0.15, 0.2) is 0 Å². The zero-order chi connectivity index (χ0) is 28.0. The topological polar surface area (TPSA) is 73.1 Å². The molecule has 8 heteroatoms. The van der Waals surface area contributed by atoms with Crippen LogP contribution >= 0.6 is 11.6 Å². The van der Waals surface area contributed by atoms with E-state index >= 15 is 0 Å². The third-order valence-corrected chi connectivity index (χ3v) is 6.33. The van der Waals surface area contributed by atoms with Crippen molar-refractivity contribution in [3.8, 4) is 17.0 Å². The summed E-state index contributed by atoms with van der Waals surface area (Å²) < 4.78 is 8.16. The van der Waals surface area contributed by atoms with E-state index in [2.05, 4.69) is 36.9 Å². The van der Waals surface area contributed by atoms with Crippen LogP contribution in [0.4, 0.5) is 0 Å². The molecule has 0 saturated carbocycles. The number of para-hydroxylation sites is 1. The number of benzene rings is 1. The number of aryl methyl sites for hydroxylation is 2. The molecule has 0 aliphatic heterocycles. The lowest BCUT2D eigenvalue weighted by Crippen LogP contribution is -2.30. The van der Waals surface area contributed by atoms with Crippen LogP contribution in [0, 0.1) is 12.3 Å². The third-order valence-electron chi connectivity index (χ3n) is 6.01. The number of amides is 1. The Hall–Kier alpha value is -3.45. The van der Waals surface area contributed by atoms with Crippen LogP contribution in [-0.4, -0.2) is 37.6 Å². The Bertz CT molecular complexity index is 1410. The van der Waals surface area contributed by atoms with Gasteiger partial charge < -0.3 is 9.64 Å². The van der Waals surface area contributed by atoms with Crippen LogP contribution in [0.2, 0.25) is 5.02 Å². The first-order valence-electron chi connectivity index (χ1n) is 12.9. The van der Waals surface area contributed by atoms with Gasteiger partial charge >= 0.3 is 0 Å². The molecule has 0 radical (unpaired) electrons. The molecule has 0 aliphatic rings. The predicted octanol–water partition coefficient (Wildman–Crippen LogP) is 6.99. The molecule has 0 aliphatic carbocycles. The molecule has 1 amide bonds. The maximum Gasteiger partial charge on any atom is 0.223 e. The second kappa shape index (κ2) is 12.4. The zero-order valence-corrected chi connectivity index (χ0v) is 24.4. The molecule has 4 rings (SSSR count). The highest BCUT2D eigenvalue weighted by atomic mass is 35.5. The van der Waals surface area contributed by atoms with Gasteiger partial charge in [0.2, 0.25) is 5.91 Å². The van der Waals surface area contributed by atoms with Gasteiger partial charge in [-0.1, -0.05) is 58.4 Å².